The highest BCUT2D eigenvalue weighted by Gasteiger charge is 2.39. The van der Waals surface area contributed by atoms with Gasteiger partial charge in [-0.1, -0.05) is 0 Å². The molecule has 0 spiro atoms. The first-order valence-corrected chi connectivity index (χ1v) is 8.58. The summed E-state index contributed by atoms with van der Waals surface area (Å²) in [5.74, 6) is -0.306. The number of nitrogens with zero attached hydrogens (tertiary/aromatic N) is 4. The fraction of sp³-hybridized carbons (Fsp3) is 0.278. The molecule has 6 nitrogen and oxygen atoms in total. The van der Waals surface area contributed by atoms with E-state index in [1.165, 1.54) is 36.1 Å². The van der Waals surface area contributed by atoms with Crippen LogP contribution in [0.15, 0.2) is 36.7 Å². The molecule has 0 saturated heterocycles. The van der Waals surface area contributed by atoms with Crippen molar-refractivity contribution in [1.29, 1.82) is 0 Å². The van der Waals surface area contributed by atoms with E-state index >= 15 is 0 Å². The molecule has 0 aliphatic carbocycles. The number of halogens is 6. The number of aryl methyl sites for hydroxylation is 1. The fourth-order valence-corrected chi connectivity index (χ4v) is 2.79. The van der Waals surface area contributed by atoms with Gasteiger partial charge in [0, 0.05) is 17.9 Å². The van der Waals surface area contributed by atoms with Crippen LogP contribution in [0.3, 0.4) is 0 Å². The topological polar surface area (TPSA) is 64.9 Å². The number of benzene rings is 1. The molecule has 1 N–H and O–H groups in total. The van der Waals surface area contributed by atoms with Crippen molar-refractivity contribution in [3.63, 3.8) is 0 Å². The van der Waals surface area contributed by atoms with E-state index in [9.17, 15) is 26.3 Å². The van der Waals surface area contributed by atoms with Gasteiger partial charge in [0.25, 0.3) is 0 Å². The lowest BCUT2D eigenvalue weighted by Gasteiger charge is -2.11. The monoisotopic (exact) mass is 431 g/mol. The Labute approximate surface area is 166 Å². The lowest BCUT2D eigenvalue weighted by atomic mass is 10.1. The molecule has 0 atom stereocenters. The number of hydrogen-bond acceptors (Lipinski definition) is 5. The second-order valence-electron chi connectivity index (χ2n) is 6.11. The Hall–Kier alpha value is -3.31. The highest BCUT2D eigenvalue weighted by Crippen LogP contribution is 2.37. The lowest BCUT2D eigenvalue weighted by molar-refractivity contribution is -0.274. The van der Waals surface area contributed by atoms with E-state index in [0.29, 0.717) is 5.69 Å². The van der Waals surface area contributed by atoms with E-state index in [4.69, 9.17) is 0 Å². The molecule has 0 aliphatic rings. The van der Waals surface area contributed by atoms with E-state index in [0.717, 1.165) is 12.1 Å². The molecule has 12 heteroatoms. The van der Waals surface area contributed by atoms with Crippen molar-refractivity contribution < 1.29 is 31.1 Å². The average Bonchev–Trinajstić information content (AvgIpc) is 2.99. The summed E-state index contributed by atoms with van der Waals surface area (Å²) >= 11 is 0. The Morgan fingerprint density at radius 2 is 1.70 bits per heavy atom. The molecule has 160 valence electrons. The summed E-state index contributed by atoms with van der Waals surface area (Å²) in [7, 11) is 0. The summed E-state index contributed by atoms with van der Waals surface area (Å²) in [5.41, 5.74) is -0.671. The van der Waals surface area contributed by atoms with Gasteiger partial charge in [0.2, 0.25) is 0 Å². The second-order valence-corrected chi connectivity index (χ2v) is 6.11. The minimum absolute atomic E-state index is 0.0402. The third kappa shape index (κ3) is 4.81. The van der Waals surface area contributed by atoms with Gasteiger partial charge in [0.1, 0.15) is 11.6 Å². The normalized spacial score (nSPS) is 12.1. The molecule has 3 aromatic rings. The van der Waals surface area contributed by atoms with Crippen LogP contribution in [0, 0.1) is 6.92 Å². The SMILES string of the molecule is CCn1nc(C(F)(F)F)c(-c2cncc(Nc3ccc(OC(F)(F)F)cc3)n2)c1C. The van der Waals surface area contributed by atoms with Crippen molar-refractivity contribution in [1.82, 2.24) is 19.7 Å². The number of alkyl halides is 6. The van der Waals surface area contributed by atoms with E-state index in [2.05, 4.69) is 25.1 Å². The molecule has 2 heterocycles. The van der Waals surface area contributed by atoms with Crippen molar-refractivity contribution in [2.24, 2.45) is 0 Å². The van der Waals surface area contributed by atoms with Gasteiger partial charge < -0.3 is 10.1 Å². The van der Waals surface area contributed by atoms with Crippen LogP contribution in [0.1, 0.15) is 18.3 Å². The summed E-state index contributed by atoms with van der Waals surface area (Å²) in [4.78, 5) is 8.08. The van der Waals surface area contributed by atoms with Crippen LogP contribution in [0.2, 0.25) is 0 Å². The Balaban J connectivity index is 1.90. The van der Waals surface area contributed by atoms with Crippen LogP contribution in [-0.4, -0.2) is 26.1 Å². The Morgan fingerprint density at radius 3 is 2.27 bits per heavy atom. The van der Waals surface area contributed by atoms with Gasteiger partial charge in [-0.15, -0.1) is 13.2 Å². The van der Waals surface area contributed by atoms with Crippen LogP contribution in [0.25, 0.3) is 11.3 Å². The number of hydrogen-bond donors (Lipinski definition) is 1. The first-order chi connectivity index (χ1) is 14.0. The number of rotatable bonds is 5. The van der Waals surface area contributed by atoms with Crippen molar-refractivity contribution >= 4 is 11.5 Å². The third-order valence-corrected chi connectivity index (χ3v) is 4.03. The molecule has 0 fully saturated rings. The first-order valence-electron chi connectivity index (χ1n) is 8.58. The molecule has 0 aliphatic heterocycles. The molecular formula is C18H15F6N5O. The van der Waals surface area contributed by atoms with Crippen molar-refractivity contribution in [3.05, 3.63) is 48.0 Å². The number of aromatic nitrogens is 4. The molecule has 0 radical (unpaired) electrons. The molecular weight excluding hydrogens is 416 g/mol. The van der Waals surface area contributed by atoms with Gasteiger partial charge in [-0.3, -0.25) is 9.67 Å². The van der Waals surface area contributed by atoms with Gasteiger partial charge in [-0.05, 0) is 38.1 Å². The summed E-state index contributed by atoms with van der Waals surface area (Å²) in [6.07, 6.45) is -7.03. The van der Waals surface area contributed by atoms with Gasteiger partial charge >= 0.3 is 12.5 Å². The maximum Gasteiger partial charge on any atom is 0.573 e. The van der Waals surface area contributed by atoms with Gasteiger partial charge in [-0.2, -0.15) is 18.3 Å². The van der Waals surface area contributed by atoms with E-state index in [1.807, 2.05) is 0 Å². The maximum absolute atomic E-state index is 13.4. The van der Waals surface area contributed by atoms with Crippen molar-refractivity contribution in [3.8, 4) is 17.0 Å². The molecule has 0 bridgehead atoms. The van der Waals surface area contributed by atoms with Crippen LogP contribution in [0.5, 0.6) is 5.75 Å². The summed E-state index contributed by atoms with van der Waals surface area (Å²) in [6.45, 7) is 3.41. The van der Waals surface area contributed by atoms with Crippen LogP contribution in [0.4, 0.5) is 37.8 Å². The molecule has 0 amide bonds. The Morgan fingerprint density at radius 1 is 1.03 bits per heavy atom. The van der Waals surface area contributed by atoms with E-state index in [-0.39, 0.29) is 29.3 Å². The average molecular weight is 431 g/mol. The van der Waals surface area contributed by atoms with E-state index in [1.54, 1.807) is 6.92 Å². The predicted octanol–water partition coefficient (Wildman–Crippen LogP) is 5.33. The number of nitrogens with one attached hydrogen (secondary N) is 1. The highest BCUT2D eigenvalue weighted by molar-refractivity contribution is 5.67. The summed E-state index contributed by atoms with van der Waals surface area (Å²) in [5, 5.41) is 6.41. The maximum atomic E-state index is 13.4. The lowest BCUT2D eigenvalue weighted by Crippen LogP contribution is -2.16. The molecule has 0 unspecified atom stereocenters. The molecule has 2 aromatic heterocycles. The fourth-order valence-electron chi connectivity index (χ4n) is 2.79. The van der Waals surface area contributed by atoms with Crippen molar-refractivity contribution in [2.75, 3.05) is 5.32 Å². The minimum atomic E-state index is -4.81. The number of ether oxygens (including phenoxy) is 1. The van der Waals surface area contributed by atoms with Crippen LogP contribution < -0.4 is 10.1 Å². The Kier molecular flexibility index (Phi) is 5.59. The van der Waals surface area contributed by atoms with Crippen LogP contribution >= 0.6 is 0 Å². The molecule has 30 heavy (non-hydrogen) atoms. The predicted molar refractivity (Wildman–Crippen MR) is 95.1 cm³/mol. The van der Waals surface area contributed by atoms with E-state index < -0.39 is 24.0 Å². The first kappa shape index (κ1) is 21.4. The standard InChI is InChI=1S/C18H15F6N5O/c1-3-29-10(2)15(16(28-29)17(19,20)21)13-8-25-9-14(27-13)26-11-4-6-12(7-5-11)30-18(22,23)24/h4-9H,3H2,1-2H3,(H,26,27). The van der Waals surface area contributed by atoms with Gasteiger partial charge in [0.15, 0.2) is 5.69 Å². The Bertz CT molecular complexity index is 1030. The van der Waals surface area contributed by atoms with Gasteiger partial charge in [-0.25, -0.2) is 4.98 Å². The quantitative estimate of drug-likeness (QED) is 0.554. The second kappa shape index (κ2) is 7.84. The smallest absolute Gasteiger partial charge is 0.406 e. The zero-order valence-corrected chi connectivity index (χ0v) is 15.6. The molecule has 3 rings (SSSR count). The summed E-state index contributed by atoms with van der Waals surface area (Å²) < 4.78 is 82.0. The minimum Gasteiger partial charge on any atom is -0.406 e. The van der Waals surface area contributed by atoms with Gasteiger partial charge in [0.05, 0.1) is 23.7 Å². The third-order valence-electron chi connectivity index (χ3n) is 4.03. The van der Waals surface area contributed by atoms with Crippen LogP contribution in [-0.2, 0) is 12.7 Å². The zero-order valence-electron chi connectivity index (χ0n) is 15.6. The molecule has 0 saturated carbocycles. The highest BCUT2D eigenvalue weighted by atomic mass is 19.4. The number of anilines is 2. The van der Waals surface area contributed by atoms with Crippen molar-refractivity contribution in [2.45, 2.75) is 32.9 Å². The largest absolute Gasteiger partial charge is 0.573 e. The molecule has 1 aromatic carbocycles. The summed E-state index contributed by atoms with van der Waals surface area (Å²) in [6, 6.07) is 4.78. The zero-order chi connectivity index (χ0) is 22.1.